The van der Waals surface area contributed by atoms with E-state index in [4.69, 9.17) is 4.74 Å². The molecule has 0 fully saturated rings. The number of esters is 1. The summed E-state index contributed by atoms with van der Waals surface area (Å²) in [6.07, 6.45) is 5.08. The summed E-state index contributed by atoms with van der Waals surface area (Å²) in [5.74, 6) is -0.154. The molecule has 1 heterocycles. The molecule has 132 valence electrons. The van der Waals surface area contributed by atoms with Crippen LogP contribution in [0, 0.1) is 5.95 Å². The molecule has 0 bridgehead atoms. The van der Waals surface area contributed by atoms with Crippen molar-refractivity contribution in [2.24, 2.45) is 0 Å². The average Bonchev–Trinajstić information content (AvgIpc) is 2.86. The molecular formula is C19H27FN2O2. The molecule has 1 aromatic carbocycles. The largest absolute Gasteiger partial charge is 0.426 e. The molecule has 0 spiro atoms. The molecule has 0 unspecified atom stereocenters. The van der Waals surface area contributed by atoms with E-state index in [1.807, 2.05) is 19.0 Å². The first-order valence-electron chi connectivity index (χ1n) is 8.67. The fourth-order valence-electron chi connectivity index (χ4n) is 2.77. The Morgan fingerprint density at radius 2 is 2.04 bits per heavy atom. The predicted octanol–water partition coefficient (Wildman–Crippen LogP) is 4.29. The summed E-state index contributed by atoms with van der Waals surface area (Å²) in [4.78, 5) is 16.8. The zero-order valence-electron chi connectivity index (χ0n) is 14.8. The number of aromatic nitrogens is 1. The van der Waals surface area contributed by atoms with Crippen LogP contribution in [0.5, 0.6) is 5.75 Å². The second-order valence-electron chi connectivity index (χ2n) is 6.43. The highest BCUT2D eigenvalue weighted by atomic mass is 19.1. The standard InChI is InChI=1S/C19H27FN2O2/c1-4-5-6-7-11-17(23)24-16-10-8-9-15-18(16)14(19(20)21-15)12-13-22(2)3/h8-10,21H,4-7,11-13H2,1-3H3. The van der Waals surface area contributed by atoms with Crippen LogP contribution in [0.1, 0.15) is 44.6 Å². The molecule has 0 aliphatic heterocycles. The van der Waals surface area contributed by atoms with Crippen LogP contribution in [0.25, 0.3) is 10.9 Å². The molecule has 4 nitrogen and oxygen atoms in total. The quantitative estimate of drug-likeness (QED) is 0.423. The molecule has 5 heteroatoms. The molecule has 2 rings (SSSR count). The molecule has 1 aromatic heterocycles. The highest BCUT2D eigenvalue weighted by molar-refractivity contribution is 5.91. The van der Waals surface area contributed by atoms with Gasteiger partial charge in [0.25, 0.3) is 0 Å². The van der Waals surface area contributed by atoms with Crippen molar-refractivity contribution >= 4 is 16.9 Å². The lowest BCUT2D eigenvalue weighted by Gasteiger charge is -2.10. The maximum atomic E-state index is 14.2. The molecule has 0 saturated heterocycles. The maximum absolute atomic E-state index is 14.2. The number of unbranched alkanes of at least 4 members (excludes halogenated alkanes) is 3. The van der Waals surface area contributed by atoms with Gasteiger partial charge in [0, 0.05) is 23.9 Å². The van der Waals surface area contributed by atoms with Gasteiger partial charge in [0.1, 0.15) is 5.75 Å². The van der Waals surface area contributed by atoms with Gasteiger partial charge in [-0.25, -0.2) is 0 Å². The van der Waals surface area contributed by atoms with Crippen molar-refractivity contribution in [1.29, 1.82) is 0 Å². The van der Waals surface area contributed by atoms with Crippen LogP contribution in [0.4, 0.5) is 4.39 Å². The Hall–Kier alpha value is -1.88. The van der Waals surface area contributed by atoms with Gasteiger partial charge in [-0.3, -0.25) is 4.79 Å². The summed E-state index contributed by atoms with van der Waals surface area (Å²) >= 11 is 0. The van der Waals surface area contributed by atoms with E-state index in [2.05, 4.69) is 11.9 Å². The summed E-state index contributed by atoms with van der Waals surface area (Å²) in [7, 11) is 3.90. The molecule has 0 atom stereocenters. The summed E-state index contributed by atoms with van der Waals surface area (Å²) in [6, 6.07) is 5.31. The van der Waals surface area contributed by atoms with Gasteiger partial charge in [0.15, 0.2) is 5.95 Å². The third-order valence-corrected chi connectivity index (χ3v) is 4.10. The Bertz CT molecular complexity index is 679. The summed E-state index contributed by atoms with van der Waals surface area (Å²) in [6.45, 7) is 2.86. The number of benzene rings is 1. The van der Waals surface area contributed by atoms with E-state index in [1.165, 1.54) is 0 Å². The van der Waals surface area contributed by atoms with Crippen molar-refractivity contribution in [3.8, 4) is 5.75 Å². The Labute approximate surface area is 143 Å². The van der Waals surface area contributed by atoms with Crippen LogP contribution in [-0.2, 0) is 11.2 Å². The molecule has 0 amide bonds. The Morgan fingerprint density at radius 3 is 2.75 bits per heavy atom. The SMILES string of the molecule is CCCCCCC(=O)Oc1cccc2[nH]c(F)c(CCN(C)C)c12. The lowest BCUT2D eigenvalue weighted by molar-refractivity contribution is -0.134. The molecule has 0 radical (unpaired) electrons. The van der Waals surface area contributed by atoms with Gasteiger partial charge < -0.3 is 14.6 Å². The van der Waals surface area contributed by atoms with E-state index in [-0.39, 0.29) is 11.9 Å². The van der Waals surface area contributed by atoms with Gasteiger partial charge >= 0.3 is 5.97 Å². The molecule has 24 heavy (non-hydrogen) atoms. The lowest BCUT2D eigenvalue weighted by Crippen LogP contribution is -2.15. The minimum absolute atomic E-state index is 0.251. The van der Waals surface area contributed by atoms with E-state index in [9.17, 15) is 9.18 Å². The van der Waals surface area contributed by atoms with Crippen LogP contribution in [-0.4, -0.2) is 36.5 Å². The van der Waals surface area contributed by atoms with E-state index in [1.54, 1.807) is 18.2 Å². The number of nitrogens with zero attached hydrogens (tertiary/aromatic N) is 1. The zero-order chi connectivity index (χ0) is 17.5. The van der Waals surface area contributed by atoms with Gasteiger partial charge in [-0.15, -0.1) is 0 Å². The smallest absolute Gasteiger partial charge is 0.311 e. The second kappa shape index (κ2) is 8.83. The van der Waals surface area contributed by atoms with E-state index in [0.717, 1.165) is 32.2 Å². The predicted molar refractivity (Wildman–Crippen MR) is 94.9 cm³/mol. The first kappa shape index (κ1) is 18.5. The van der Waals surface area contributed by atoms with Crippen molar-refractivity contribution in [2.75, 3.05) is 20.6 Å². The van der Waals surface area contributed by atoms with Crippen molar-refractivity contribution in [2.45, 2.75) is 45.4 Å². The molecule has 1 N–H and O–H groups in total. The number of likely N-dealkylation sites (N-methyl/N-ethyl adjacent to an activating group) is 1. The first-order chi connectivity index (χ1) is 11.5. The number of nitrogens with one attached hydrogen (secondary N) is 1. The zero-order valence-corrected chi connectivity index (χ0v) is 14.8. The molecular weight excluding hydrogens is 307 g/mol. The van der Waals surface area contributed by atoms with E-state index >= 15 is 0 Å². The number of halogens is 1. The fourth-order valence-corrected chi connectivity index (χ4v) is 2.77. The maximum Gasteiger partial charge on any atom is 0.311 e. The van der Waals surface area contributed by atoms with Crippen LogP contribution in [0.3, 0.4) is 0 Å². The van der Waals surface area contributed by atoms with Gasteiger partial charge in [-0.1, -0.05) is 32.3 Å². The van der Waals surface area contributed by atoms with Crippen molar-refractivity contribution in [1.82, 2.24) is 9.88 Å². The van der Waals surface area contributed by atoms with Gasteiger partial charge in [-0.2, -0.15) is 4.39 Å². The lowest BCUT2D eigenvalue weighted by atomic mass is 10.1. The molecule has 2 aromatic rings. The van der Waals surface area contributed by atoms with Crippen LogP contribution >= 0.6 is 0 Å². The summed E-state index contributed by atoms with van der Waals surface area (Å²) in [5.41, 5.74) is 1.24. The average molecular weight is 334 g/mol. The number of carbonyl (C=O) groups excluding carboxylic acids is 1. The highest BCUT2D eigenvalue weighted by Gasteiger charge is 2.17. The first-order valence-corrected chi connectivity index (χ1v) is 8.67. The molecule has 0 aliphatic rings. The number of carbonyl (C=O) groups is 1. The number of rotatable bonds is 9. The number of aromatic amines is 1. The number of H-pyrrole nitrogens is 1. The monoisotopic (exact) mass is 334 g/mol. The summed E-state index contributed by atoms with van der Waals surface area (Å²) < 4.78 is 19.8. The Kier molecular flexibility index (Phi) is 6.79. The number of hydrogen-bond acceptors (Lipinski definition) is 3. The highest BCUT2D eigenvalue weighted by Crippen LogP contribution is 2.31. The third-order valence-electron chi connectivity index (χ3n) is 4.10. The number of ether oxygens (including phenoxy) is 1. The van der Waals surface area contributed by atoms with Gasteiger partial charge in [-0.05, 0) is 39.1 Å². The number of fused-ring (bicyclic) bond motifs is 1. The fraction of sp³-hybridized carbons (Fsp3) is 0.526. The number of hydrogen-bond donors (Lipinski definition) is 1. The van der Waals surface area contributed by atoms with Crippen molar-refractivity contribution in [3.63, 3.8) is 0 Å². The van der Waals surface area contributed by atoms with E-state index < -0.39 is 0 Å². The van der Waals surface area contributed by atoms with Crippen LogP contribution < -0.4 is 4.74 Å². The normalized spacial score (nSPS) is 11.4. The minimum atomic E-state index is -0.349. The summed E-state index contributed by atoms with van der Waals surface area (Å²) in [5, 5.41) is 0.679. The van der Waals surface area contributed by atoms with Crippen molar-refractivity contribution < 1.29 is 13.9 Å². The van der Waals surface area contributed by atoms with Crippen molar-refractivity contribution in [3.05, 3.63) is 29.7 Å². The van der Waals surface area contributed by atoms with Crippen LogP contribution in [0.2, 0.25) is 0 Å². The second-order valence-corrected chi connectivity index (χ2v) is 6.43. The third kappa shape index (κ3) is 4.81. The Morgan fingerprint density at radius 1 is 1.25 bits per heavy atom. The van der Waals surface area contributed by atoms with E-state index in [0.29, 0.717) is 35.1 Å². The Balaban J connectivity index is 2.15. The van der Waals surface area contributed by atoms with Crippen LogP contribution in [0.15, 0.2) is 18.2 Å². The van der Waals surface area contributed by atoms with Gasteiger partial charge in [0.05, 0.1) is 5.52 Å². The minimum Gasteiger partial charge on any atom is -0.426 e. The molecule has 0 aliphatic carbocycles. The molecule has 0 saturated carbocycles. The topological polar surface area (TPSA) is 45.3 Å². The van der Waals surface area contributed by atoms with Gasteiger partial charge in [0.2, 0.25) is 0 Å².